The van der Waals surface area contributed by atoms with Crippen molar-refractivity contribution in [2.24, 2.45) is 0 Å². The van der Waals surface area contributed by atoms with Gasteiger partial charge >= 0.3 is 0 Å². The Morgan fingerprint density at radius 2 is 2.05 bits per heavy atom. The monoisotopic (exact) mass is 285 g/mol. The Morgan fingerprint density at radius 1 is 1.24 bits per heavy atom. The van der Waals surface area contributed by atoms with Gasteiger partial charge in [-0.15, -0.1) is 0 Å². The summed E-state index contributed by atoms with van der Waals surface area (Å²) in [5, 5.41) is 3.59. The molecule has 3 nitrogen and oxygen atoms in total. The van der Waals surface area contributed by atoms with E-state index in [4.69, 9.17) is 0 Å². The van der Waals surface area contributed by atoms with E-state index in [1.807, 2.05) is 6.20 Å². The Kier molecular flexibility index (Phi) is 6.00. The van der Waals surface area contributed by atoms with E-state index in [9.17, 15) is 0 Å². The van der Waals surface area contributed by atoms with E-state index in [1.165, 1.54) is 17.0 Å². The molecule has 0 aliphatic heterocycles. The molecule has 0 aliphatic rings. The van der Waals surface area contributed by atoms with Crippen LogP contribution in [0, 0.1) is 6.92 Å². The van der Waals surface area contributed by atoms with Gasteiger partial charge in [-0.3, -0.25) is 0 Å². The van der Waals surface area contributed by atoms with E-state index in [0.29, 0.717) is 6.04 Å². The highest BCUT2D eigenvalue weighted by atomic mass is 15.1. The van der Waals surface area contributed by atoms with Crippen molar-refractivity contribution in [3.05, 3.63) is 53.6 Å². The van der Waals surface area contributed by atoms with Gasteiger partial charge in [-0.05, 0) is 43.9 Å². The number of nitrogens with zero attached hydrogens (tertiary/aromatic N) is 2. The van der Waals surface area contributed by atoms with Gasteiger partial charge in [0.25, 0.3) is 0 Å². The first kappa shape index (κ1) is 15.8. The highest BCUT2D eigenvalue weighted by Crippen LogP contribution is 2.20. The maximum Gasteiger partial charge on any atom is 0.125 e. The third-order valence-corrected chi connectivity index (χ3v) is 3.94. The fourth-order valence-corrected chi connectivity index (χ4v) is 2.82. The predicted molar refractivity (Wildman–Crippen MR) is 88.4 cm³/mol. The lowest BCUT2D eigenvalue weighted by molar-refractivity contribution is 0.463. The summed E-state index contributed by atoms with van der Waals surface area (Å²) in [6.07, 6.45) is 7.32. The minimum Gasteiger partial charge on any atom is -0.334 e. The Hall–Kier alpha value is -1.61. The van der Waals surface area contributed by atoms with Gasteiger partial charge in [-0.25, -0.2) is 4.98 Å². The van der Waals surface area contributed by atoms with Crippen molar-refractivity contribution < 1.29 is 0 Å². The molecule has 21 heavy (non-hydrogen) atoms. The van der Waals surface area contributed by atoms with Crippen LogP contribution in [0.4, 0.5) is 0 Å². The molecule has 0 saturated heterocycles. The number of rotatable bonds is 8. The minimum absolute atomic E-state index is 0.330. The van der Waals surface area contributed by atoms with Crippen molar-refractivity contribution >= 4 is 0 Å². The largest absolute Gasteiger partial charge is 0.334 e. The third kappa shape index (κ3) is 4.18. The number of hydrogen-bond acceptors (Lipinski definition) is 2. The van der Waals surface area contributed by atoms with E-state index in [1.54, 1.807) is 0 Å². The van der Waals surface area contributed by atoms with Crippen LogP contribution in [0.3, 0.4) is 0 Å². The first-order valence-electron chi connectivity index (χ1n) is 8.05. The number of aryl methyl sites for hydroxylation is 3. The van der Waals surface area contributed by atoms with Crippen molar-refractivity contribution in [1.82, 2.24) is 14.9 Å². The van der Waals surface area contributed by atoms with Gasteiger partial charge in [0.15, 0.2) is 0 Å². The fraction of sp³-hybridized carbons (Fsp3) is 0.500. The van der Waals surface area contributed by atoms with Crippen LogP contribution in [0.25, 0.3) is 0 Å². The van der Waals surface area contributed by atoms with Crippen molar-refractivity contribution in [3.63, 3.8) is 0 Å². The first-order valence-corrected chi connectivity index (χ1v) is 8.05. The SMILES string of the molecule is CCCn1ccnc1C(CCc1ccccc1C)NCC. The normalized spacial score (nSPS) is 12.5. The zero-order valence-electron chi connectivity index (χ0n) is 13.5. The van der Waals surface area contributed by atoms with Crippen LogP contribution < -0.4 is 5.32 Å². The van der Waals surface area contributed by atoms with Gasteiger partial charge in [-0.2, -0.15) is 0 Å². The van der Waals surface area contributed by atoms with Crippen LogP contribution in [-0.2, 0) is 13.0 Å². The molecule has 1 atom stereocenters. The van der Waals surface area contributed by atoms with Crippen molar-refractivity contribution in [3.8, 4) is 0 Å². The van der Waals surface area contributed by atoms with E-state index >= 15 is 0 Å². The van der Waals surface area contributed by atoms with Gasteiger partial charge in [0, 0.05) is 18.9 Å². The van der Waals surface area contributed by atoms with Crippen LogP contribution in [0.15, 0.2) is 36.7 Å². The molecule has 2 rings (SSSR count). The van der Waals surface area contributed by atoms with Gasteiger partial charge in [0.05, 0.1) is 6.04 Å². The smallest absolute Gasteiger partial charge is 0.125 e. The van der Waals surface area contributed by atoms with Crippen molar-refractivity contribution in [1.29, 1.82) is 0 Å². The summed E-state index contributed by atoms with van der Waals surface area (Å²) in [6.45, 7) is 8.57. The molecule has 0 saturated carbocycles. The molecule has 3 heteroatoms. The summed E-state index contributed by atoms with van der Waals surface area (Å²) >= 11 is 0. The van der Waals surface area contributed by atoms with Crippen molar-refractivity contribution in [2.45, 2.75) is 52.6 Å². The molecule has 1 aromatic carbocycles. The zero-order chi connectivity index (χ0) is 15.1. The highest BCUT2D eigenvalue weighted by Gasteiger charge is 2.16. The van der Waals surface area contributed by atoms with Crippen LogP contribution in [0.1, 0.15) is 49.7 Å². The number of benzene rings is 1. The van der Waals surface area contributed by atoms with Crippen LogP contribution in [0.2, 0.25) is 0 Å². The Bertz CT molecular complexity index is 545. The standard InChI is InChI=1S/C18H27N3/c1-4-13-21-14-12-20-18(21)17(19-5-2)11-10-16-9-7-6-8-15(16)3/h6-9,12,14,17,19H,4-5,10-11,13H2,1-3H3. The zero-order valence-corrected chi connectivity index (χ0v) is 13.5. The summed E-state index contributed by atoms with van der Waals surface area (Å²) in [6, 6.07) is 8.99. The molecule has 0 spiro atoms. The van der Waals surface area contributed by atoms with Gasteiger partial charge in [0.1, 0.15) is 5.82 Å². The first-order chi connectivity index (χ1) is 10.3. The van der Waals surface area contributed by atoms with Gasteiger partial charge in [-0.1, -0.05) is 38.1 Å². The Morgan fingerprint density at radius 3 is 2.76 bits per heavy atom. The van der Waals surface area contributed by atoms with Crippen LogP contribution in [0.5, 0.6) is 0 Å². The molecular formula is C18H27N3. The topological polar surface area (TPSA) is 29.9 Å². The summed E-state index contributed by atoms with van der Waals surface area (Å²) in [5.41, 5.74) is 2.82. The average molecular weight is 285 g/mol. The molecule has 1 heterocycles. The molecule has 0 aliphatic carbocycles. The Labute approximate surface area is 128 Å². The van der Waals surface area contributed by atoms with E-state index in [0.717, 1.165) is 32.4 Å². The second-order valence-corrected chi connectivity index (χ2v) is 5.55. The van der Waals surface area contributed by atoms with Crippen LogP contribution in [-0.4, -0.2) is 16.1 Å². The Balaban J connectivity index is 2.08. The van der Waals surface area contributed by atoms with Crippen LogP contribution >= 0.6 is 0 Å². The summed E-state index contributed by atoms with van der Waals surface area (Å²) < 4.78 is 2.28. The van der Waals surface area contributed by atoms with Crippen molar-refractivity contribution in [2.75, 3.05) is 6.54 Å². The van der Waals surface area contributed by atoms with Gasteiger partial charge in [0.2, 0.25) is 0 Å². The molecular weight excluding hydrogens is 258 g/mol. The molecule has 0 amide bonds. The molecule has 0 radical (unpaired) electrons. The predicted octanol–water partition coefficient (Wildman–Crippen LogP) is 3.88. The summed E-state index contributed by atoms with van der Waals surface area (Å²) in [4.78, 5) is 4.59. The third-order valence-electron chi connectivity index (χ3n) is 3.94. The second-order valence-electron chi connectivity index (χ2n) is 5.55. The van der Waals surface area contributed by atoms with E-state index in [-0.39, 0.29) is 0 Å². The lowest BCUT2D eigenvalue weighted by Gasteiger charge is -2.19. The fourth-order valence-electron chi connectivity index (χ4n) is 2.82. The second kappa shape index (κ2) is 7.99. The van der Waals surface area contributed by atoms with E-state index in [2.05, 4.69) is 66.1 Å². The maximum atomic E-state index is 4.59. The molecule has 2 aromatic rings. The average Bonchev–Trinajstić information content (AvgIpc) is 2.93. The molecule has 1 unspecified atom stereocenters. The number of hydrogen-bond donors (Lipinski definition) is 1. The van der Waals surface area contributed by atoms with Gasteiger partial charge < -0.3 is 9.88 Å². The lowest BCUT2D eigenvalue weighted by atomic mass is 10.0. The number of imidazole rings is 1. The summed E-state index contributed by atoms with van der Waals surface area (Å²) in [7, 11) is 0. The lowest BCUT2D eigenvalue weighted by Crippen LogP contribution is -2.25. The molecule has 0 fully saturated rings. The highest BCUT2D eigenvalue weighted by molar-refractivity contribution is 5.25. The molecule has 0 bridgehead atoms. The minimum atomic E-state index is 0.330. The molecule has 1 aromatic heterocycles. The molecule has 114 valence electrons. The number of nitrogens with one attached hydrogen (secondary N) is 1. The number of aromatic nitrogens is 2. The quantitative estimate of drug-likeness (QED) is 0.797. The maximum absolute atomic E-state index is 4.59. The summed E-state index contributed by atoms with van der Waals surface area (Å²) in [5.74, 6) is 1.17. The van der Waals surface area contributed by atoms with E-state index < -0.39 is 0 Å². The molecule has 1 N–H and O–H groups in total.